The Morgan fingerprint density at radius 1 is 0.914 bits per heavy atom. The first kappa shape index (κ1) is 24.6. The third-order valence-electron chi connectivity index (χ3n) is 5.92. The molecule has 0 radical (unpaired) electrons. The number of aromatic amines is 1. The average molecular weight is 471 g/mol. The van der Waals surface area contributed by atoms with E-state index in [1.54, 1.807) is 23.7 Å². The molecule has 6 nitrogen and oxygen atoms in total. The van der Waals surface area contributed by atoms with Crippen LogP contribution in [0.25, 0.3) is 33.5 Å². The second-order valence-corrected chi connectivity index (χ2v) is 10.0. The fourth-order valence-electron chi connectivity index (χ4n) is 4.52. The van der Waals surface area contributed by atoms with Gasteiger partial charge >= 0.3 is 0 Å². The summed E-state index contributed by atoms with van der Waals surface area (Å²) in [5, 5.41) is 8.86. The van der Waals surface area contributed by atoms with Crippen LogP contribution >= 0.6 is 0 Å². The molecular weight excluding hydrogens is 436 g/mol. The molecule has 0 atom stereocenters. The van der Waals surface area contributed by atoms with Crippen molar-refractivity contribution in [1.82, 2.24) is 20.3 Å². The normalized spacial score (nSPS) is 11.7. The summed E-state index contributed by atoms with van der Waals surface area (Å²) >= 11 is 0. The number of H-pyrrole nitrogens is 1. The van der Waals surface area contributed by atoms with Crippen LogP contribution in [0.2, 0.25) is 0 Å². The number of rotatable bonds is 9. The molecule has 35 heavy (non-hydrogen) atoms. The van der Waals surface area contributed by atoms with Gasteiger partial charge in [-0.25, -0.2) is 10.5 Å². The van der Waals surface area contributed by atoms with E-state index in [1.165, 1.54) is 11.1 Å². The Bertz CT molecular complexity index is 1280. The van der Waals surface area contributed by atoms with Gasteiger partial charge in [0.1, 0.15) is 5.82 Å². The first-order chi connectivity index (χ1) is 16.8. The second-order valence-electron chi connectivity index (χ2n) is 10.0. The van der Waals surface area contributed by atoms with Crippen molar-refractivity contribution in [3.05, 3.63) is 77.9 Å². The summed E-state index contributed by atoms with van der Waals surface area (Å²) in [6.45, 7) is 12.3. The van der Waals surface area contributed by atoms with Gasteiger partial charge in [0.2, 0.25) is 0 Å². The molecule has 1 amide bonds. The number of nitrogens with zero attached hydrogens (tertiary/aromatic N) is 2. The van der Waals surface area contributed by atoms with Crippen LogP contribution in [0.5, 0.6) is 0 Å². The summed E-state index contributed by atoms with van der Waals surface area (Å²) < 4.78 is 0. The molecule has 0 aliphatic heterocycles. The minimum atomic E-state index is -0.550. The van der Waals surface area contributed by atoms with Crippen LogP contribution in [0.15, 0.2) is 66.7 Å². The van der Waals surface area contributed by atoms with Gasteiger partial charge in [-0.05, 0) is 52.8 Å². The van der Waals surface area contributed by atoms with Crippen LogP contribution in [0.1, 0.15) is 43.6 Å². The molecule has 0 aliphatic rings. The zero-order valence-electron chi connectivity index (χ0n) is 20.9. The van der Waals surface area contributed by atoms with Crippen LogP contribution < -0.4 is 5.48 Å². The first-order valence-corrected chi connectivity index (χ1v) is 12.2. The Hall–Kier alpha value is -3.48. The number of hydroxylamine groups is 1. The number of nitrogens with one attached hydrogen (secondary N) is 2. The second kappa shape index (κ2) is 10.8. The molecule has 4 rings (SSSR count). The molecule has 182 valence electrons. The summed E-state index contributed by atoms with van der Waals surface area (Å²) in [4.78, 5) is 22.2. The molecule has 0 aliphatic carbocycles. The molecule has 0 saturated carbocycles. The topological polar surface area (TPSA) is 81.2 Å². The molecule has 1 aromatic heterocycles. The van der Waals surface area contributed by atoms with Gasteiger partial charge in [-0.3, -0.25) is 14.9 Å². The van der Waals surface area contributed by atoms with Gasteiger partial charge < -0.3 is 4.98 Å². The monoisotopic (exact) mass is 470 g/mol. The number of imidazole rings is 1. The van der Waals surface area contributed by atoms with Gasteiger partial charge in [-0.1, -0.05) is 70.2 Å². The third-order valence-corrected chi connectivity index (χ3v) is 5.92. The Labute approximate surface area is 207 Å². The van der Waals surface area contributed by atoms with Crippen molar-refractivity contribution < 1.29 is 10.0 Å². The molecule has 0 spiro atoms. The number of amides is 1. The number of aromatic nitrogens is 2. The highest BCUT2D eigenvalue weighted by molar-refractivity contribution is 5.97. The average Bonchev–Trinajstić information content (AvgIpc) is 3.26. The van der Waals surface area contributed by atoms with E-state index >= 15 is 0 Å². The largest absolute Gasteiger partial charge is 0.338 e. The molecule has 0 fully saturated rings. The Kier molecular flexibility index (Phi) is 7.63. The maximum atomic E-state index is 11.7. The number of hydrogen-bond donors (Lipinski definition) is 3. The van der Waals surface area contributed by atoms with E-state index in [0.717, 1.165) is 47.6 Å². The van der Waals surface area contributed by atoms with Gasteiger partial charge in [0.25, 0.3) is 5.91 Å². The number of fused-ring (bicyclic) bond motifs is 1. The maximum absolute atomic E-state index is 11.7. The van der Waals surface area contributed by atoms with E-state index < -0.39 is 5.91 Å². The molecule has 3 N–H and O–H groups in total. The van der Waals surface area contributed by atoms with Crippen molar-refractivity contribution in [1.29, 1.82) is 0 Å². The van der Waals surface area contributed by atoms with Gasteiger partial charge in [0.15, 0.2) is 0 Å². The van der Waals surface area contributed by atoms with E-state index in [-0.39, 0.29) is 0 Å². The summed E-state index contributed by atoms with van der Waals surface area (Å²) in [7, 11) is 0. The summed E-state index contributed by atoms with van der Waals surface area (Å²) in [6, 6.07) is 22.2. The lowest BCUT2D eigenvalue weighted by atomic mass is 10.0. The van der Waals surface area contributed by atoms with Crippen LogP contribution in [0.3, 0.4) is 0 Å². The smallest absolute Gasteiger partial charge is 0.274 e. The predicted molar refractivity (Wildman–Crippen MR) is 141 cm³/mol. The molecular formula is C29H34N4O2. The molecule has 6 heteroatoms. The Balaban J connectivity index is 1.53. The van der Waals surface area contributed by atoms with E-state index in [0.29, 0.717) is 17.4 Å². The summed E-state index contributed by atoms with van der Waals surface area (Å²) in [5.74, 6) is 1.47. The Morgan fingerprint density at radius 2 is 1.60 bits per heavy atom. The molecule has 0 unspecified atom stereocenters. The molecule has 3 aromatic carbocycles. The van der Waals surface area contributed by atoms with E-state index in [4.69, 9.17) is 5.21 Å². The number of carbonyl (C=O) groups excluding carboxylic acids is 1. The third kappa shape index (κ3) is 6.15. The fraction of sp³-hybridized carbons (Fsp3) is 0.310. The van der Waals surface area contributed by atoms with Crippen molar-refractivity contribution >= 4 is 16.9 Å². The van der Waals surface area contributed by atoms with Crippen molar-refractivity contribution in [3.63, 3.8) is 0 Å². The number of carbonyl (C=O) groups is 1. The number of hydrogen-bond acceptors (Lipinski definition) is 4. The SMILES string of the molecule is CC(C)CN(Cc1cccc(-c2ccc(-c3nc4ccc(C(=O)NO)cc4[nH]3)cc2)c1)CC(C)C. The lowest BCUT2D eigenvalue weighted by molar-refractivity contribution is 0.0706. The van der Waals surface area contributed by atoms with Crippen molar-refractivity contribution in [2.45, 2.75) is 34.2 Å². The standard InChI is InChI=1S/C29H34N4O2/c1-19(2)16-33(17-20(3)4)18-21-6-5-7-24(14-21)22-8-10-23(11-9-22)28-30-26-13-12-25(29(34)32-35)15-27(26)31-28/h5-15,19-20,35H,16-18H2,1-4H3,(H,30,31)(H,32,34). The molecule has 0 bridgehead atoms. The zero-order valence-corrected chi connectivity index (χ0v) is 20.9. The number of benzene rings is 3. The maximum Gasteiger partial charge on any atom is 0.274 e. The van der Waals surface area contributed by atoms with Crippen molar-refractivity contribution in [2.75, 3.05) is 13.1 Å². The molecule has 4 aromatic rings. The van der Waals surface area contributed by atoms with E-state index in [9.17, 15) is 4.79 Å². The zero-order chi connectivity index (χ0) is 24.9. The van der Waals surface area contributed by atoms with E-state index in [2.05, 4.69) is 91.1 Å². The highest BCUT2D eigenvalue weighted by Crippen LogP contribution is 2.26. The van der Waals surface area contributed by atoms with Crippen LogP contribution in [0.4, 0.5) is 0 Å². The van der Waals surface area contributed by atoms with Crippen molar-refractivity contribution in [2.24, 2.45) is 11.8 Å². The lowest BCUT2D eigenvalue weighted by Crippen LogP contribution is -2.30. The molecule has 0 saturated heterocycles. The lowest BCUT2D eigenvalue weighted by Gasteiger charge is -2.26. The van der Waals surface area contributed by atoms with Gasteiger partial charge in [-0.2, -0.15) is 0 Å². The van der Waals surface area contributed by atoms with E-state index in [1.807, 2.05) is 0 Å². The van der Waals surface area contributed by atoms with Gasteiger partial charge in [0, 0.05) is 30.8 Å². The summed E-state index contributed by atoms with van der Waals surface area (Å²) in [6.07, 6.45) is 0. The minimum absolute atomic E-state index is 0.366. The highest BCUT2D eigenvalue weighted by Gasteiger charge is 2.12. The van der Waals surface area contributed by atoms with Gasteiger partial charge in [0.05, 0.1) is 11.0 Å². The Morgan fingerprint density at radius 3 is 2.26 bits per heavy atom. The predicted octanol–water partition coefficient (Wildman–Crippen LogP) is 6.13. The molecule has 1 heterocycles. The van der Waals surface area contributed by atoms with Gasteiger partial charge in [-0.15, -0.1) is 0 Å². The fourth-order valence-corrected chi connectivity index (χ4v) is 4.52. The first-order valence-electron chi connectivity index (χ1n) is 12.2. The minimum Gasteiger partial charge on any atom is -0.338 e. The van der Waals surface area contributed by atoms with Crippen LogP contribution in [-0.4, -0.2) is 39.1 Å². The summed E-state index contributed by atoms with van der Waals surface area (Å²) in [5.41, 5.74) is 8.19. The quantitative estimate of drug-likeness (QED) is 0.203. The highest BCUT2D eigenvalue weighted by atomic mass is 16.5. The van der Waals surface area contributed by atoms with Crippen LogP contribution in [-0.2, 0) is 6.54 Å². The van der Waals surface area contributed by atoms with Crippen LogP contribution in [0, 0.1) is 11.8 Å². The van der Waals surface area contributed by atoms with Crippen molar-refractivity contribution in [3.8, 4) is 22.5 Å².